The predicted molar refractivity (Wildman–Crippen MR) is 99.9 cm³/mol. The zero-order chi connectivity index (χ0) is 19.0. The molecule has 1 spiro atoms. The number of H-pyrrole nitrogens is 1. The number of piperidine rings is 1. The first-order valence-electron chi connectivity index (χ1n) is 9.32. The van der Waals surface area contributed by atoms with Gasteiger partial charge in [0.1, 0.15) is 0 Å². The molecule has 2 aromatic rings. The van der Waals surface area contributed by atoms with Crippen LogP contribution in [-0.4, -0.2) is 50.7 Å². The van der Waals surface area contributed by atoms with Crippen molar-refractivity contribution in [2.75, 3.05) is 13.1 Å². The Morgan fingerprint density at radius 3 is 2.67 bits per heavy atom. The van der Waals surface area contributed by atoms with E-state index < -0.39 is 17.4 Å². The molecule has 1 aromatic carbocycles. The van der Waals surface area contributed by atoms with Crippen LogP contribution in [0.4, 0.5) is 0 Å². The van der Waals surface area contributed by atoms with Gasteiger partial charge in [-0.15, -0.1) is 0 Å². The number of nitrogens with zero attached hydrogens (tertiary/aromatic N) is 2. The van der Waals surface area contributed by atoms with Crippen molar-refractivity contribution in [1.82, 2.24) is 20.4 Å². The Morgan fingerprint density at radius 1 is 1.30 bits per heavy atom. The van der Waals surface area contributed by atoms with Gasteiger partial charge in [0.05, 0.1) is 23.3 Å². The Kier molecular flexibility index (Phi) is 4.47. The molecule has 1 amide bonds. The van der Waals surface area contributed by atoms with Gasteiger partial charge >= 0.3 is 5.97 Å². The average molecular weight is 368 g/mol. The van der Waals surface area contributed by atoms with Crippen molar-refractivity contribution in [3.05, 3.63) is 41.6 Å². The molecular weight excluding hydrogens is 344 g/mol. The second-order valence-electron chi connectivity index (χ2n) is 7.71. The molecule has 2 aliphatic heterocycles. The van der Waals surface area contributed by atoms with Gasteiger partial charge in [0.15, 0.2) is 0 Å². The Morgan fingerprint density at radius 2 is 2.00 bits per heavy atom. The maximum Gasteiger partial charge on any atom is 0.309 e. The predicted octanol–water partition coefficient (Wildman–Crippen LogP) is 1.94. The van der Waals surface area contributed by atoms with Gasteiger partial charge in [0.2, 0.25) is 5.91 Å². The Labute approximate surface area is 157 Å². The van der Waals surface area contributed by atoms with E-state index in [-0.39, 0.29) is 12.3 Å². The highest BCUT2D eigenvalue weighted by atomic mass is 16.4. The van der Waals surface area contributed by atoms with Gasteiger partial charge in [-0.25, -0.2) is 0 Å². The zero-order valence-electron chi connectivity index (χ0n) is 15.4. The minimum atomic E-state index is -0.877. The van der Waals surface area contributed by atoms with E-state index in [9.17, 15) is 14.7 Å². The molecule has 7 heteroatoms. The molecule has 3 N–H and O–H groups in total. The van der Waals surface area contributed by atoms with E-state index in [0.717, 1.165) is 36.5 Å². The summed E-state index contributed by atoms with van der Waals surface area (Å²) in [6.07, 6.45) is 3.27. The van der Waals surface area contributed by atoms with Crippen molar-refractivity contribution in [2.24, 2.45) is 5.92 Å². The molecule has 7 nitrogen and oxygen atoms in total. The lowest BCUT2D eigenvalue weighted by Gasteiger charge is -2.41. The fraction of sp³-hybridized carbons (Fsp3) is 0.450. The number of nitrogens with one attached hydrogen (secondary N) is 2. The third kappa shape index (κ3) is 3.35. The SMILES string of the molecule is Cc1ccc(-c2[nH]ncc2CN2CCC3(CC2)NC(=O)CC3C(=O)O)cc1. The lowest BCUT2D eigenvalue weighted by atomic mass is 9.77. The molecule has 2 aliphatic rings. The number of carboxylic acid groups (broad SMARTS) is 1. The lowest BCUT2D eigenvalue weighted by Crippen LogP contribution is -2.55. The minimum Gasteiger partial charge on any atom is -0.481 e. The van der Waals surface area contributed by atoms with Crippen LogP contribution in [0.1, 0.15) is 30.4 Å². The first kappa shape index (κ1) is 17.7. The van der Waals surface area contributed by atoms with E-state index in [0.29, 0.717) is 12.8 Å². The Balaban J connectivity index is 1.45. The summed E-state index contributed by atoms with van der Waals surface area (Å²) in [5.74, 6) is -1.64. The van der Waals surface area contributed by atoms with Crippen LogP contribution in [0.25, 0.3) is 11.3 Å². The third-order valence-corrected chi connectivity index (χ3v) is 5.94. The molecule has 1 atom stereocenters. The molecule has 0 aliphatic carbocycles. The number of aromatic nitrogens is 2. The second-order valence-corrected chi connectivity index (χ2v) is 7.71. The van der Waals surface area contributed by atoms with E-state index in [2.05, 4.69) is 51.6 Å². The maximum atomic E-state index is 11.8. The fourth-order valence-electron chi connectivity index (χ4n) is 4.35. The number of rotatable bonds is 4. The normalized spacial score (nSPS) is 22.1. The zero-order valence-corrected chi connectivity index (χ0v) is 15.4. The van der Waals surface area contributed by atoms with Gasteiger partial charge in [0.25, 0.3) is 0 Å². The van der Waals surface area contributed by atoms with E-state index in [1.807, 2.05) is 6.20 Å². The molecule has 4 rings (SSSR count). The quantitative estimate of drug-likeness (QED) is 0.766. The first-order valence-corrected chi connectivity index (χ1v) is 9.32. The molecular formula is C20H24N4O3. The van der Waals surface area contributed by atoms with Crippen molar-refractivity contribution in [3.63, 3.8) is 0 Å². The largest absolute Gasteiger partial charge is 0.481 e. The maximum absolute atomic E-state index is 11.8. The lowest BCUT2D eigenvalue weighted by molar-refractivity contribution is -0.144. The van der Waals surface area contributed by atoms with Crippen LogP contribution < -0.4 is 5.32 Å². The van der Waals surface area contributed by atoms with Crippen molar-refractivity contribution < 1.29 is 14.7 Å². The van der Waals surface area contributed by atoms with Crippen LogP contribution in [0.15, 0.2) is 30.5 Å². The van der Waals surface area contributed by atoms with E-state index in [1.54, 1.807) is 0 Å². The highest BCUT2D eigenvalue weighted by Gasteiger charge is 2.51. The number of aliphatic carboxylic acids is 1. The minimum absolute atomic E-state index is 0.0919. The number of likely N-dealkylation sites (tertiary alicyclic amines) is 1. The highest BCUT2D eigenvalue weighted by Crippen LogP contribution is 2.37. The van der Waals surface area contributed by atoms with E-state index in [1.165, 1.54) is 5.56 Å². The molecule has 3 heterocycles. The summed E-state index contributed by atoms with van der Waals surface area (Å²) in [6, 6.07) is 8.34. The van der Waals surface area contributed by atoms with Gasteiger partial charge in [-0.3, -0.25) is 19.6 Å². The van der Waals surface area contributed by atoms with Crippen molar-refractivity contribution in [1.29, 1.82) is 0 Å². The number of hydrogen-bond acceptors (Lipinski definition) is 4. The summed E-state index contributed by atoms with van der Waals surface area (Å²) in [6.45, 7) is 4.32. The highest BCUT2D eigenvalue weighted by molar-refractivity contribution is 5.88. The summed E-state index contributed by atoms with van der Waals surface area (Å²) in [7, 11) is 0. The Hall–Kier alpha value is -2.67. The van der Waals surface area contributed by atoms with Crippen molar-refractivity contribution in [2.45, 2.75) is 38.3 Å². The molecule has 2 saturated heterocycles. The van der Waals surface area contributed by atoms with Crippen LogP contribution in [0, 0.1) is 12.8 Å². The van der Waals surface area contributed by atoms with E-state index >= 15 is 0 Å². The van der Waals surface area contributed by atoms with Crippen LogP contribution in [0.3, 0.4) is 0 Å². The number of amides is 1. The number of aryl methyl sites for hydroxylation is 1. The van der Waals surface area contributed by atoms with E-state index in [4.69, 9.17) is 0 Å². The summed E-state index contributed by atoms with van der Waals surface area (Å²) in [5.41, 5.74) is 3.88. The first-order chi connectivity index (χ1) is 13.0. The summed E-state index contributed by atoms with van der Waals surface area (Å²) < 4.78 is 0. The molecule has 1 aromatic heterocycles. The molecule has 0 bridgehead atoms. The van der Waals surface area contributed by atoms with Crippen molar-refractivity contribution >= 4 is 11.9 Å². The van der Waals surface area contributed by atoms with Gasteiger partial charge in [-0.05, 0) is 25.3 Å². The summed E-state index contributed by atoms with van der Waals surface area (Å²) in [5, 5.41) is 19.8. The van der Waals surface area contributed by atoms with Crippen LogP contribution >= 0.6 is 0 Å². The van der Waals surface area contributed by atoms with Crippen LogP contribution in [0.2, 0.25) is 0 Å². The fourth-order valence-corrected chi connectivity index (χ4v) is 4.35. The van der Waals surface area contributed by atoms with Crippen LogP contribution in [0.5, 0.6) is 0 Å². The summed E-state index contributed by atoms with van der Waals surface area (Å²) in [4.78, 5) is 25.7. The van der Waals surface area contributed by atoms with Crippen molar-refractivity contribution in [3.8, 4) is 11.3 Å². The molecule has 27 heavy (non-hydrogen) atoms. The van der Waals surface area contributed by atoms with Gasteiger partial charge in [-0.1, -0.05) is 29.8 Å². The number of carboxylic acids is 1. The number of carbonyl (C=O) groups is 2. The third-order valence-electron chi connectivity index (χ3n) is 5.94. The van der Waals surface area contributed by atoms with Gasteiger partial charge < -0.3 is 10.4 Å². The number of aromatic amines is 1. The number of carbonyl (C=O) groups excluding carboxylic acids is 1. The molecule has 0 saturated carbocycles. The van der Waals surface area contributed by atoms with Crippen LogP contribution in [-0.2, 0) is 16.1 Å². The number of benzene rings is 1. The standard InChI is InChI=1S/C20H24N4O3/c1-13-2-4-14(5-3-13)18-15(11-21-23-18)12-24-8-6-20(7-9-24)16(19(26)27)10-17(25)22-20/h2-5,11,16H,6-10,12H2,1H3,(H,21,23)(H,22,25)(H,26,27). The smallest absolute Gasteiger partial charge is 0.309 e. The number of hydrogen-bond donors (Lipinski definition) is 3. The Bertz CT molecular complexity index is 850. The monoisotopic (exact) mass is 368 g/mol. The average Bonchev–Trinajstić information content (AvgIpc) is 3.22. The summed E-state index contributed by atoms with van der Waals surface area (Å²) >= 11 is 0. The molecule has 142 valence electrons. The second kappa shape index (κ2) is 6.81. The molecule has 2 fully saturated rings. The topological polar surface area (TPSA) is 98.3 Å². The van der Waals surface area contributed by atoms with Gasteiger partial charge in [-0.2, -0.15) is 5.10 Å². The molecule has 0 radical (unpaired) electrons. The van der Waals surface area contributed by atoms with Gasteiger partial charge in [0, 0.05) is 31.6 Å². The molecule has 1 unspecified atom stereocenters.